The number of hydrogen-bond donors (Lipinski definition) is 1. The molecule has 2 rings (SSSR count). The van der Waals surface area contributed by atoms with Crippen LogP contribution in [0.25, 0.3) is 11.3 Å². The Bertz CT molecular complexity index is 552. The summed E-state index contributed by atoms with van der Waals surface area (Å²) < 4.78 is 10.5. The second-order valence-electron chi connectivity index (χ2n) is 3.75. The topological polar surface area (TPSA) is 57.4 Å². The second-order valence-corrected chi connectivity index (χ2v) is 4.86. The van der Waals surface area contributed by atoms with Crippen LogP contribution in [0.4, 0.5) is 5.13 Å². The molecule has 0 bridgehead atoms. The lowest BCUT2D eigenvalue weighted by Gasteiger charge is -2.09. The molecule has 1 heterocycles. The van der Waals surface area contributed by atoms with E-state index in [-0.39, 0.29) is 0 Å². The third kappa shape index (κ3) is 2.26. The van der Waals surface area contributed by atoms with Crippen molar-refractivity contribution >= 4 is 16.5 Å². The molecule has 0 aliphatic carbocycles. The van der Waals surface area contributed by atoms with Gasteiger partial charge in [0.15, 0.2) is 16.6 Å². The van der Waals surface area contributed by atoms with Crippen molar-refractivity contribution in [2.24, 2.45) is 0 Å². The van der Waals surface area contributed by atoms with Gasteiger partial charge < -0.3 is 15.2 Å². The summed E-state index contributed by atoms with van der Waals surface area (Å²) in [4.78, 5) is 5.56. The molecule has 0 aliphatic rings. The molecule has 0 saturated carbocycles. The lowest BCUT2D eigenvalue weighted by molar-refractivity contribution is 0.355. The molecular formula is C13H16N2O2S. The second kappa shape index (κ2) is 5.27. The summed E-state index contributed by atoms with van der Waals surface area (Å²) in [5.41, 5.74) is 7.70. The maximum atomic E-state index is 5.77. The lowest BCUT2D eigenvalue weighted by atomic mass is 10.1. The highest BCUT2D eigenvalue weighted by Crippen LogP contribution is 2.35. The van der Waals surface area contributed by atoms with Gasteiger partial charge in [-0.05, 0) is 24.6 Å². The highest BCUT2D eigenvalue weighted by atomic mass is 32.1. The van der Waals surface area contributed by atoms with Gasteiger partial charge >= 0.3 is 0 Å². The van der Waals surface area contributed by atoms with Crippen molar-refractivity contribution in [3.8, 4) is 22.8 Å². The molecule has 5 heteroatoms. The van der Waals surface area contributed by atoms with Crippen LogP contribution in [0, 0.1) is 0 Å². The predicted molar refractivity (Wildman–Crippen MR) is 74.4 cm³/mol. The minimum atomic E-state index is 0.594. The summed E-state index contributed by atoms with van der Waals surface area (Å²) in [6, 6.07) is 5.77. The van der Waals surface area contributed by atoms with Crippen LogP contribution >= 0.6 is 11.3 Å². The number of ether oxygens (including phenoxy) is 2. The van der Waals surface area contributed by atoms with Crippen molar-refractivity contribution in [1.82, 2.24) is 4.98 Å². The highest BCUT2D eigenvalue weighted by Gasteiger charge is 2.13. The van der Waals surface area contributed by atoms with Gasteiger partial charge in [0.1, 0.15) is 0 Å². The van der Waals surface area contributed by atoms with Crippen molar-refractivity contribution in [3.63, 3.8) is 0 Å². The summed E-state index contributed by atoms with van der Waals surface area (Å²) in [6.45, 7) is 2.09. The number of thiazole rings is 1. The smallest absolute Gasteiger partial charge is 0.180 e. The van der Waals surface area contributed by atoms with Crippen LogP contribution in [0.15, 0.2) is 18.2 Å². The van der Waals surface area contributed by atoms with E-state index in [1.54, 1.807) is 14.2 Å². The third-order valence-electron chi connectivity index (χ3n) is 2.69. The summed E-state index contributed by atoms with van der Waals surface area (Å²) in [5.74, 6) is 1.41. The molecule has 0 aliphatic heterocycles. The van der Waals surface area contributed by atoms with Gasteiger partial charge in [-0.3, -0.25) is 0 Å². The van der Waals surface area contributed by atoms with Crippen LogP contribution in [-0.2, 0) is 6.42 Å². The van der Waals surface area contributed by atoms with E-state index in [4.69, 9.17) is 15.2 Å². The fourth-order valence-corrected chi connectivity index (χ4v) is 2.61. The fourth-order valence-electron chi connectivity index (χ4n) is 1.82. The monoisotopic (exact) mass is 264 g/mol. The zero-order valence-corrected chi connectivity index (χ0v) is 11.5. The number of nitrogen functional groups attached to an aromatic ring is 1. The zero-order valence-electron chi connectivity index (χ0n) is 10.7. The molecule has 0 saturated heterocycles. The summed E-state index contributed by atoms with van der Waals surface area (Å²) in [6.07, 6.45) is 0.915. The van der Waals surface area contributed by atoms with Crippen LogP contribution in [-0.4, -0.2) is 19.2 Å². The van der Waals surface area contributed by atoms with Crippen LogP contribution in [0.5, 0.6) is 11.5 Å². The summed E-state index contributed by atoms with van der Waals surface area (Å²) in [7, 11) is 3.24. The Kier molecular flexibility index (Phi) is 3.72. The predicted octanol–water partition coefficient (Wildman–Crippen LogP) is 2.97. The first kappa shape index (κ1) is 12.7. The molecule has 4 nitrogen and oxygen atoms in total. The minimum Gasteiger partial charge on any atom is -0.493 e. The highest BCUT2D eigenvalue weighted by molar-refractivity contribution is 7.15. The first-order chi connectivity index (χ1) is 8.69. The van der Waals surface area contributed by atoms with Crippen LogP contribution < -0.4 is 15.2 Å². The maximum Gasteiger partial charge on any atom is 0.180 e. The van der Waals surface area contributed by atoms with Crippen molar-refractivity contribution in [1.29, 1.82) is 0 Å². The molecule has 0 fully saturated rings. The molecule has 0 spiro atoms. The molecule has 96 valence electrons. The number of nitrogens with zero attached hydrogens (tertiary/aromatic N) is 1. The molecule has 1 aromatic carbocycles. The van der Waals surface area contributed by atoms with E-state index in [2.05, 4.69) is 11.9 Å². The van der Waals surface area contributed by atoms with Gasteiger partial charge in [-0.15, -0.1) is 11.3 Å². The van der Waals surface area contributed by atoms with E-state index < -0.39 is 0 Å². The van der Waals surface area contributed by atoms with Crippen molar-refractivity contribution in [2.75, 3.05) is 20.0 Å². The standard InChI is InChI=1S/C13H16N2O2S/c1-4-11-12(15-13(14)18-11)8-5-6-9(16-2)10(7-8)17-3/h5-7H,4H2,1-3H3,(H2,14,15). The first-order valence-corrected chi connectivity index (χ1v) is 6.48. The number of nitrogens with two attached hydrogens (primary N) is 1. The van der Waals surface area contributed by atoms with E-state index in [1.807, 2.05) is 18.2 Å². The SMILES string of the molecule is CCc1sc(N)nc1-c1ccc(OC)c(OC)c1. The number of hydrogen-bond acceptors (Lipinski definition) is 5. The number of rotatable bonds is 4. The van der Waals surface area contributed by atoms with Crippen LogP contribution in [0.3, 0.4) is 0 Å². The number of anilines is 1. The van der Waals surface area contributed by atoms with Crippen LogP contribution in [0.1, 0.15) is 11.8 Å². The minimum absolute atomic E-state index is 0.594. The van der Waals surface area contributed by atoms with Gasteiger partial charge in [-0.25, -0.2) is 4.98 Å². The average Bonchev–Trinajstić information content (AvgIpc) is 2.79. The van der Waals surface area contributed by atoms with Crippen molar-refractivity contribution < 1.29 is 9.47 Å². The van der Waals surface area contributed by atoms with Gasteiger partial charge in [-0.2, -0.15) is 0 Å². The average molecular weight is 264 g/mol. The Balaban J connectivity index is 2.50. The Morgan fingerprint density at radius 3 is 2.56 bits per heavy atom. The summed E-state index contributed by atoms with van der Waals surface area (Å²) in [5, 5.41) is 0.594. The van der Waals surface area contributed by atoms with Gasteiger partial charge in [0.2, 0.25) is 0 Å². The molecule has 0 radical (unpaired) electrons. The van der Waals surface area contributed by atoms with Gasteiger partial charge in [0.05, 0.1) is 19.9 Å². The molecular weight excluding hydrogens is 248 g/mol. The maximum absolute atomic E-state index is 5.77. The molecule has 0 unspecified atom stereocenters. The molecule has 0 atom stereocenters. The largest absolute Gasteiger partial charge is 0.493 e. The third-order valence-corrected chi connectivity index (χ3v) is 3.72. The number of aromatic nitrogens is 1. The van der Waals surface area contributed by atoms with Crippen molar-refractivity contribution in [2.45, 2.75) is 13.3 Å². The molecule has 1 aromatic heterocycles. The Hall–Kier alpha value is -1.75. The first-order valence-electron chi connectivity index (χ1n) is 5.67. The Labute approximate surface area is 110 Å². The number of aryl methyl sites for hydroxylation is 1. The molecule has 2 N–H and O–H groups in total. The fraction of sp³-hybridized carbons (Fsp3) is 0.308. The molecule has 2 aromatic rings. The van der Waals surface area contributed by atoms with E-state index in [9.17, 15) is 0 Å². The molecule has 0 amide bonds. The normalized spacial score (nSPS) is 10.4. The summed E-state index contributed by atoms with van der Waals surface area (Å²) >= 11 is 1.53. The quantitative estimate of drug-likeness (QED) is 0.922. The number of methoxy groups -OCH3 is 2. The van der Waals surface area contributed by atoms with Crippen molar-refractivity contribution in [3.05, 3.63) is 23.1 Å². The Morgan fingerprint density at radius 2 is 1.94 bits per heavy atom. The van der Waals surface area contributed by atoms with E-state index in [0.717, 1.165) is 17.7 Å². The van der Waals surface area contributed by atoms with Gasteiger partial charge in [0, 0.05) is 10.4 Å². The lowest BCUT2D eigenvalue weighted by Crippen LogP contribution is -1.92. The Morgan fingerprint density at radius 1 is 1.22 bits per heavy atom. The zero-order chi connectivity index (χ0) is 13.1. The van der Waals surface area contributed by atoms with E-state index >= 15 is 0 Å². The van der Waals surface area contributed by atoms with E-state index in [0.29, 0.717) is 16.6 Å². The van der Waals surface area contributed by atoms with E-state index in [1.165, 1.54) is 16.2 Å². The van der Waals surface area contributed by atoms with Gasteiger partial charge in [0.25, 0.3) is 0 Å². The molecule has 18 heavy (non-hydrogen) atoms. The number of benzene rings is 1. The van der Waals surface area contributed by atoms with Crippen LogP contribution in [0.2, 0.25) is 0 Å². The van der Waals surface area contributed by atoms with Gasteiger partial charge in [-0.1, -0.05) is 6.92 Å².